The molecule has 5 nitrogen and oxygen atoms in total. The molecule has 24 heavy (non-hydrogen) atoms. The van der Waals surface area contributed by atoms with Gasteiger partial charge in [-0.25, -0.2) is 4.79 Å². The van der Waals surface area contributed by atoms with Crippen LogP contribution in [-0.4, -0.2) is 20.9 Å². The molecule has 1 unspecified atom stereocenters. The molecular weight excluding hydrogens is 324 g/mol. The number of hydrogen-bond acceptors (Lipinski definition) is 4. The SMILES string of the molecule is C=S(C)(=O)c1ccc2c(c1)oc(=O)n2Cc1cccc2c1CNC2. The van der Waals surface area contributed by atoms with Crippen LogP contribution in [0.1, 0.15) is 16.7 Å². The third-order valence-electron chi connectivity index (χ3n) is 4.45. The summed E-state index contributed by atoms with van der Waals surface area (Å²) in [6.07, 6.45) is 1.57. The van der Waals surface area contributed by atoms with Gasteiger partial charge in [-0.3, -0.25) is 8.78 Å². The molecular formula is C18H18N2O3S. The number of fused-ring (bicyclic) bond motifs is 2. The zero-order chi connectivity index (χ0) is 16.9. The second kappa shape index (κ2) is 5.36. The van der Waals surface area contributed by atoms with Crippen molar-refractivity contribution in [1.82, 2.24) is 9.88 Å². The van der Waals surface area contributed by atoms with Gasteiger partial charge >= 0.3 is 5.76 Å². The molecule has 0 saturated heterocycles. The maximum absolute atomic E-state index is 12.3. The Morgan fingerprint density at radius 1 is 1.29 bits per heavy atom. The molecule has 1 aliphatic rings. The van der Waals surface area contributed by atoms with E-state index < -0.39 is 15.3 Å². The molecule has 4 rings (SSSR count). The molecule has 0 bridgehead atoms. The Balaban J connectivity index is 1.82. The molecule has 1 atom stereocenters. The molecule has 0 fully saturated rings. The normalized spacial score (nSPS) is 16.2. The molecule has 124 valence electrons. The maximum Gasteiger partial charge on any atom is 0.420 e. The zero-order valence-electron chi connectivity index (χ0n) is 13.4. The minimum Gasteiger partial charge on any atom is -0.408 e. The van der Waals surface area contributed by atoms with Crippen molar-refractivity contribution in [2.75, 3.05) is 6.26 Å². The molecule has 1 aliphatic heterocycles. The molecule has 1 N–H and O–H groups in total. The Labute approximate surface area is 139 Å². The average molecular weight is 342 g/mol. The third-order valence-corrected chi connectivity index (χ3v) is 5.71. The quantitative estimate of drug-likeness (QED) is 0.739. The summed E-state index contributed by atoms with van der Waals surface area (Å²) in [6.45, 7) is 2.14. The number of benzene rings is 2. The Morgan fingerprint density at radius 3 is 2.92 bits per heavy atom. The molecule has 0 spiro atoms. The van der Waals surface area contributed by atoms with Crippen molar-refractivity contribution < 1.29 is 8.63 Å². The number of hydrogen-bond donors (Lipinski definition) is 1. The molecule has 3 aromatic rings. The molecule has 2 heterocycles. The monoisotopic (exact) mass is 342 g/mol. The van der Waals surface area contributed by atoms with Crippen LogP contribution in [0.25, 0.3) is 11.1 Å². The Kier molecular flexibility index (Phi) is 3.40. The van der Waals surface area contributed by atoms with E-state index in [1.807, 2.05) is 12.1 Å². The summed E-state index contributed by atoms with van der Waals surface area (Å²) in [5.74, 6) is 3.27. The van der Waals surface area contributed by atoms with Crippen LogP contribution in [0.15, 0.2) is 50.5 Å². The van der Waals surface area contributed by atoms with E-state index in [1.54, 1.807) is 29.0 Å². The minimum absolute atomic E-state index is 0.405. The lowest BCUT2D eigenvalue weighted by molar-refractivity contribution is 0.517. The lowest BCUT2D eigenvalue weighted by Gasteiger charge is -2.08. The van der Waals surface area contributed by atoms with Crippen molar-refractivity contribution in [1.29, 1.82) is 0 Å². The van der Waals surface area contributed by atoms with Gasteiger partial charge in [-0.05, 0) is 50.3 Å². The first-order chi connectivity index (χ1) is 11.4. The third kappa shape index (κ3) is 2.48. The molecule has 0 amide bonds. The number of nitrogens with zero attached hydrogens (tertiary/aromatic N) is 1. The lowest BCUT2D eigenvalue weighted by Crippen LogP contribution is -2.16. The molecule has 0 radical (unpaired) electrons. The highest BCUT2D eigenvalue weighted by Gasteiger charge is 2.17. The van der Waals surface area contributed by atoms with Crippen LogP contribution in [0.3, 0.4) is 0 Å². The predicted octanol–water partition coefficient (Wildman–Crippen LogP) is 1.95. The summed E-state index contributed by atoms with van der Waals surface area (Å²) in [7, 11) is -2.34. The summed E-state index contributed by atoms with van der Waals surface area (Å²) in [5.41, 5.74) is 4.79. The van der Waals surface area contributed by atoms with E-state index in [-0.39, 0.29) is 0 Å². The zero-order valence-corrected chi connectivity index (χ0v) is 14.2. The van der Waals surface area contributed by atoms with Crippen LogP contribution in [-0.2, 0) is 29.2 Å². The van der Waals surface area contributed by atoms with Crippen molar-refractivity contribution in [3.8, 4) is 0 Å². The predicted molar refractivity (Wildman–Crippen MR) is 96.0 cm³/mol. The summed E-state index contributed by atoms with van der Waals surface area (Å²) in [5, 5.41) is 3.33. The Morgan fingerprint density at radius 2 is 2.12 bits per heavy atom. The number of rotatable bonds is 3. The van der Waals surface area contributed by atoms with Gasteiger partial charge in [0.1, 0.15) is 0 Å². The summed E-state index contributed by atoms with van der Waals surface area (Å²) >= 11 is 0. The number of oxazole rings is 1. The number of nitrogens with one attached hydrogen (secondary N) is 1. The van der Waals surface area contributed by atoms with E-state index in [0.717, 1.165) is 18.7 Å². The van der Waals surface area contributed by atoms with Crippen molar-refractivity contribution >= 4 is 26.5 Å². The van der Waals surface area contributed by atoms with E-state index in [1.165, 1.54) is 11.1 Å². The fourth-order valence-corrected chi connectivity index (χ4v) is 3.90. The average Bonchev–Trinajstić information content (AvgIpc) is 3.11. The largest absolute Gasteiger partial charge is 0.420 e. The first-order valence-corrected chi connectivity index (χ1v) is 9.83. The molecule has 2 aromatic carbocycles. The minimum atomic E-state index is -2.34. The lowest BCUT2D eigenvalue weighted by atomic mass is 10.0. The van der Waals surface area contributed by atoms with E-state index in [9.17, 15) is 9.00 Å². The van der Waals surface area contributed by atoms with Crippen molar-refractivity contribution in [2.24, 2.45) is 0 Å². The summed E-state index contributed by atoms with van der Waals surface area (Å²) in [6, 6.07) is 11.3. The highest BCUT2D eigenvalue weighted by molar-refractivity contribution is 7.99. The van der Waals surface area contributed by atoms with Crippen LogP contribution < -0.4 is 11.1 Å². The van der Waals surface area contributed by atoms with Gasteiger partial charge in [-0.1, -0.05) is 18.2 Å². The highest BCUT2D eigenvalue weighted by Crippen LogP contribution is 2.23. The Bertz CT molecular complexity index is 1110. The Hall–Kier alpha value is -2.31. The summed E-state index contributed by atoms with van der Waals surface area (Å²) in [4.78, 5) is 12.9. The first-order valence-electron chi connectivity index (χ1n) is 7.69. The van der Waals surface area contributed by atoms with Crippen molar-refractivity contribution in [3.05, 3.63) is 63.6 Å². The van der Waals surface area contributed by atoms with Gasteiger partial charge < -0.3 is 9.73 Å². The fraction of sp³-hybridized carbons (Fsp3) is 0.222. The smallest absolute Gasteiger partial charge is 0.408 e. The molecule has 6 heteroatoms. The van der Waals surface area contributed by atoms with E-state index >= 15 is 0 Å². The van der Waals surface area contributed by atoms with Crippen LogP contribution >= 0.6 is 0 Å². The van der Waals surface area contributed by atoms with E-state index in [0.29, 0.717) is 22.5 Å². The topological polar surface area (TPSA) is 64.2 Å². The summed E-state index contributed by atoms with van der Waals surface area (Å²) < 4.78 is 19.1. The second-order valence-corrected chi connectivity index (χ2v) is 8.73. The van der Waals surface area contributed by atoms with E-state index in [2.05, 4.69) is 17.3 Å². The van der Waals surface area contributed by atoms with Gasteiger partial charge in [0, 0.05) is 24.2 Å². The number of aromatic nitrogens is 1. The van der Waals surface area contributed by atoms with Gasteiger partial charge in [-0.2, -0.15) is 0 Å². The standard InChI is InChI=1S/C18H18N2O3S/c1-24(2,22)14-6-7-16-17(8-14)23-18(21)20(16)11-13-5-3-4-12-9-19-10-15(12)13/h3-8,19H,1,9-11H2,2H3. The fourth-order valence-electron chi connectivity index (χ4n) is 3.19. The molecule has 1 aromatic heterocycles. The van der Waals surface area contributed by atoms with Crippen LogP contribution in [0.5, 0.6) is 0 Å². The van der Waals surface area contributed by atoms with Crippen molar-refractivity contribution in [2.45, 2.75) is 24.5 Å². The van der Waals surface area contributed by atoms with Gasteiger partial charge in [-0.15, -0.1) is 0 Å². The van der Waals surface area contributed by atoms with E-state index in [4.69, 9.17) is 4.42 Å². The second-order valence-electron chi connectivity index (χ2n) is 6.25. The molecule has 0 aliphatic carbocycles. The van der Waals surface area contributed by atoms with Crippen LogP contribution in [0.4, 0.5) is 0 Å². The van der Waals surface area contributed by atoms with Gasteiger partial charge in [0.05, 0.1) is 12.1 Å². The van der Waals surface area contributed by atoms with Gasteiger partial charge in [0.25, 0.3) is 0 Å². The van der Waals surface area contributed by atoms with Crippen molar-refractivity contribution in [3.63, 3.8) is 0 Å². The van der Waals surface area contributed by atoms with Gasteiger partial charge in [0.2, 0.25) is 0 Å². The van der Waals surface area contributed by atoms with Crippen LogP contribution in [0, 0.1) is 0 Å². The van der Waals surface area contributed by atoms with Gasteiger partial charge in [0.15, 0.2) is 5.58 Å². The first kappa shape index (κ1) is 15.2. The highest BCUT2D eigenvalue weighted by atomic mass is 32.2. The maximum atomic E-state index is 12.3. The van der Waals surface area contributed by atoms with Crippen LogP contribution in [0.2, 0.25) is 0 Å². The molecule has 0 saturated carbocycles.